The second kappa shape index (κ2) is 65.4. The van der Waals surface area contributed by atoms with Crippen molar-refractivity contribution in [2.75, 3.05) is 263 Å². The maximum atomic E-state index is 5.73. The molecule has 28 heteroatoms. The average Bonchev–Trinajstić information content (AvgIpc) is 3.53. The van der Waals surface area contributed by atoms with Crippen molar-refractivity contribution in [1.82, 2.24) is 9.80 Å². The second-order valence-corrected chi connectivity index (χ2v) is 24.3. The van der Waals surface area contributed by atoms with Crippen molar-refractivity contribution < 1.29 is 202 Å². The van der Waals surface area contributed by atoms with Gasteiger partial charge in [-0.25, -0.2) is 0 Å². The molecule has 0 aromatic rings. The van der Waals surface area contributed by atoms with Crippen LogP contribution in [0.15, 0.2) is 145 Å². The van der Waals surface area contributed by atoms with E-state index in [2.05, 4.69) is 80.0 Å². The summed E-state index contributed by atoms with van der Waals surface area (Å²) in [6, 6.07) is 0. The number of nitrogens with zero attached hydrogens (tertiary/aromatic N) is 10. The molecule has 2 radical (unpaired) electrons. The third-order valence-electron chi connectivity index (χ3n) is 14.9. The zero-order valence-corrected chi connectivity index (χ0v) is 68.1. The monoisotopic (exact) mass is 1510 g/mol. The quantitative estimate of drug-likeness (QED) is 0.262. The normalized spacial score (nSPS) is 24.9. The molecule has 98 heavy (non-hydrogen) atoms. The number of ether oxygens (including phenoxy) is 12. The number of hydrogen-bond donors (Lipinski definition) is 2. The molecular weight excluding hydrogens is 1400 g/mol. The molecule has 0 amide bonds. The van der Waals surface area contributed by atoms with E-state index in [1.807, 2.05) is 97.7 Å². The maximum absolute atomic E-state index is 5.73. The Kier molecular flexibility index (Phi) is 63.4. The molecule has 546 valence electrons. The first kappa shape index (κ1) is 94.9. The molecular formula is C70H114K2N12Ni2O12+2. The molecule has 0 saturated carbocycles. The van der Waals surface area contributed by atoms with Crippen molar-refractivity contribution in [2.24, 2.45) is 10.8 Å². The molecule has 0 aromatic heterocycles. The Labute approximate surface area is 693 Å². The van der Waals surface area contributed by atoms with E-state index in [-0.39, 0.29) is 147 Å². The molecule has 10 heterocycles. The first-order valence-electron chi connectivity index (χ1n) is 33.9. The molecule has 0 atom stereocenters. The molecule has 0 aromatic carbocycles. The summed E-state index contributed by atoms with van der Waals surface area (Å²) in [7, 11) is 0. The van der Waals surface area contributed by atoms with Gasteiger partial charge in [0.25, 0.3) is 0 Å². The first-order valence-corrected chi connectivity index (χ1v) is 33.9. The molecule has 6 saturated heterocycles. The zero-order chi connectivity index (χ0) is 66.2. The molecule has 6 fully saturated rings. The maximum Gasteiger partial charge on any atom is 3.00 e. The van der Waals surface area contributed by atoms with Crippen LogP contribution >= 0.6 is 0 Å². The van der Waals surface area contributed by atoms with Crippen molar-refractivity contribution >= 4 is 0 Å². The number of quaternary nitrogens is 2. The minimum atomic E-state index is 0. The van der Waals surface area contributed by atoms with Gasteiger partial charge in [-0.3, -0.25) is 9.80 Å². The molecule has 10 aliphatic heterocycles. The van der Waals surface area contributed by atoms with Gasteiger partial charge in [-0.05, 0) is 0 Å². The standard InChI is InChI=1S/2C18H36N2O6.2C17H20N4.2K.2Ni/c2*1-7-21-13-14-24-10-4-20-5-11-25-17-15-22-8-2-19(1)3-9-23-16-18-26-12-6-20;2*1-17(2,13-18-11-15-7-3-5-9-20-15)14-19-12-16-8-4-6-10-21-16;;;;/h2*1-18H2;2*3-12H,13-14H2,1-2H3;;;;/q;;2*-4;2*+1;2*+3/p+2/b;;2*15-11-,16-12-;;;;. The van der Waals surface area contributed by atoms with Gasteiger partial charge in [0.05, 0.1) is 159 Å². The fourth-order valence-corrected chi connectivity index (χ4v) is 9.27. The van der Waals surface area contributed by atoms with Crippen LogP contribution in [0.5, 0.6) is 0 Å². The number of fused-ring (bicyclic) bond motifs is 42. The summed E-state index contributed by atoms with van der Waals surface area (Å²) in [5.74, 6) is 0. The van der Waals surface area contributed by atoms with Crippen LogP contribution in [0.25, 0.3) is 42.5 Å². The van der Waals surface area contributed by atoms with E-state index in [0.29, 0.717) is 145 Å². The summed E-state index contributed by atoms with van der Waals surface area (Å²) in [5.41, 5.74) is 3.54. The van der Waals surface area contributed by atoms with E-state index >= 15 is 0 Å². The van der Waals surface area contributed by atoms with Crippen molar-refractivity contribution in [2.45, 2.75) is 27.7 Å². The molecule has 0 unspecified atom stereocenters. The molecule has 0 aliphatic carbocycles. The molecule has 24 nitrogen and oxygen atoms in total. The van der Waals surface area contributed by atoms with Crippen molar-refractivity contribution in [3.63, 3.8) is 0 Å². The number of hydrogen-bond acceptors (Lipinski definition) is 14. The largest absolute Gasteiger partial charge is 3.00 e. The predicted octanol–water partition coefficient (Wildman–Crippen LogP) is 1.32. The topological polar surface area (TPSA) is 239 Å². The van der Waals surface area contributed by atoms with Crippen LogP contribution in [0, 0.1) is 10.8 Å². The van der Waals surface area contributed by atoms with Crippen LogP contribution in [0.4, 0.5) is 0 Å². The molecule has 0 spiro atoms. The average molecular weight is 1510 g/mol. The van der Waals surface area contributed by atoms with E-state index in [9.17, 15) is 0 Å². The van der Waals surface area contributed by atoms with Gasteiger partial charge in [0.1, 0.15) is 39.3 Å². The van der Waals surface area contributed by atoms with Crippen LogP contribution in [0.2, 0.25) is 0 Å². The number of rotatable bonds is 12. The number of allylic oxidation sites excluding steroid dienone is 12. The van der Waals surface area contributed by atoms with Gasteiger partial charge in [-0.15, -0.1) is 26.2 Å². The summed E-state index contributed by atoms with van der Waals surface area (Å²) in [4.78, 5) is 7.50. The molecule has 2 N–H and O–H groups in total. The van der Waals surface area contributed by atoms with E-state index in [1.165, 1.54) is 9.80 Å². The second-order valence-electron chi connectivity index (χ2n) is 24.3. The predicted molar refractivity (Wildman–Crippen MR) is 373 cm³/mol. The third kappa shape index (κ3) is 53.6. The Hall–Kier alpha value is -1.10. The summed E-state index contributed by atoms with van der Waals surface area (Å²) in [6.07, 6.45) is 37.5. The Morgan fingerprint density at radius 3 is 0.663 bits per heavy atom. The smallest absolute Gasteiger partial charge is 0.691 e. The van der Waals surface area contributed by atoms with Crippen molar-refractivity contribution in [3.8, 4) is 0 Å². The van der Waals surface area contributed by atoms with Crippen LogP contribution in [-0.4, -0.2) is 273 Å². The van der Waals surface area contributed by atoms with Crippen LogP contribution in [0.1, 0.15) is 27.7 Å². The first-order chi connectivity index (χ1) is 46.2. The Morgan fingerprint density at radius 2 is 0.490 bits per heavy atom. The summed E-state index contributed by atoms with van der Waals surface area (Å²) in [6.45, 7) is 38.7. The fraction of sp³-hybridized carbons (Fsp3) is 0.657. The van der Waals surface area contributed by atoms with Gasteiger partial charge in [0, 0.05) is 39.3 Å². The third-order valence-corrected chi connectivity index (χ3v) is 14.9. The van der Waals surface area contributed by atoms with E-state index in [4.69, 9.17) is 56.8 Å². The van der Waals surface area contributed by atoms with Crippen LogP contribution in [-0.2, 0) is 89.8 Å². The van der Waals surface area contributed by atoms with Gasteiger partial charge in [0.2, 0.25) is 0 Å². The fourth-order valence-electron chi connectivity index (χ4n) is 9.27. The van der Waals surface area contributed by atoms with Gasteiger partial charge in [-0.1, -0.05) is 111 Å². The number of nitrogens with one attached hydrogen (secondary N) is 2. The summed E-state index contributed by atoms with van der Waals surface area (Å²) < 4.78 is 68.6. The minimum Gasteiger partial charge on any atom is -0.691 e. The molecule has 10 rings (SSSR count). The van der Waals surface area contributed by atoms with Gasteiger partial charge in [0.15, 0.2) is 0 Å². The Balaban J connectivity index is 0.000000647. The van der Waals surface area contributed by atoms with Crippen LogP contribution < -0.4 is 113 Å². The summed E-state index contributed by atoms with van der Waals surface area (Å²) >= 11 is 0. The van der Waals surface area contributed by atoms with E-state index in [0.717, 1.165) is 141 Å². The minimum absolute atomic E-state index is 0. The Morgan fingerprint density at radius 1 is 0.306 bits per heavy atom. The van der Waals surface area contributed by atoms with E-state index in [1.54, 1.807) is 24.8 Å². The Bertz CT molecular complexity index is 1940. The van der Waals surface area contributed by atoms with Gasteiger partial charge < -0.3 is 109 Å². The van der Waals surface area contributed by atoms with E-state index < -0.39 is 0 Å². The zero-order valence-electron chi connectivity index (χ0n) is 59.8. The summed E-state index contributed by atoms with van der Waals surface area (Å²) in [5, 5.41) is 34.7. The molecule has 4 bridgehead atoms. The SMILES string of the molecule is C1COCCN2CCOCCOCCN(CCO1)CCOCCOCC2.C1COCC[NH+]2CCOCCOCC[NH+](CCO1)CCOCCOCC2.CC(C)(C[N-]/C=C1/C=CC=C[N-]1)C[N-]/C=C1/C=CC=C[N-]1.CC(C)(C[N-]/C=C1/C=CC=C[N-]1)C[N-]/C=C1/C=CC=C[N-]1.[K+].[K+].[Ni+3].[Ni+3]. The van der Waals surface area contributed by atoms with Gasteiger partial charge >= 0.3 is 136 Å². The molecule has 10 aliphatic rings. The van der Waals surface area contributed by atoms with Crippen molar-refractivity contribution in [3.05, 3.63) is 188 Å². The van der Waals surface area contributed by atoms with Crippen molar-refractivity contribution in [1.29, 1.82) is 0 Å². The van der Waals surface area contributed by atoms with Gasteiger partial charge in [-0.2, -0.15) is 72.4 Å². The van der Waals surface area contributed by atoms with Crippen LogP contribution in [0.3, 0.4) is 0 Å².